The molecule has 0 aliphatic heterocycles. The number of hydrogen-bond acceptors (Lipinski definition) is 1. The molecule has 0 aromatic heterocycles. The molecular formula is C13H18OS. The normalized spacial score (nSPS) is 12.5. The lowest BCUT2D eigenvalue weighted by Crippen LogP contribution is -2.03. The fourth-order valence-electron chi connectivity index (χ4n) is 1.82. The highest BCUT2D eigenvalue weighted by Crippen LogP contribution is 2.21. The highest BCUT2D eigenvalue weighted by atomic mass is 32.2. The van der Waals surface area contributed by atoms with Crippen molar-refractivity contribution in [3.05, 3.63) is 41.0 Å². The molecule has 0 aliphatic carbocycles. The van der Waals surface area contributed by atoms with Gasteiger partial charge in [0.15, 0.2) is 0 Å². The largest absolute Gasteiger partial charge is 0.254 e. The van der Waals surface area contributed by atoms with Crippen molar-refractivity contribution >= 4 is 10.8 Å². The molecule has 1 aromatic carbocycles. The zero-order chi connectivity index (χ0) is 11.6. The Morgan fingerprint density at radius 3 is 2.13 bits per heavy atom. The maximum Gasteiger partial charge on any atom is 0.0575 e. The fourth-order valence-corrected chi connectivity index (χ4v) is 3.25. The number of benzene rings is 1. The van der Waals surface area contributed by atoms with E-state index in [0.29, 0.717) is 5.75 Å². The zero-order valence-corrected chi connectivity index (χ0v) is 10.7. The minimum Gasteiger partial charge on any atom is -0.254 e. The molecule has 0 bridgehead atoms. The second-order valence-electron chi connectivity index (χ2n) is 4.17. The summed E-state index contributed by atoms with van der Waals surface area (Å²) in [6, 6.07) is 4.16. The maximum absolute atomic E-state index is 12.1. The van der Waals surface area contributed by atoms with Crippen molar-refractivity contribution in [2.75, 3.05) is 5.75 Å². The average molecular weight is 222 g/mol. The first kappa shape index (κ1) is 12.2. The van der Waals surface area contributed by atoms with E-state index in [0.717, 1.165) is 21.6 Å². The molecule has 0 amide bonds. The van der Waals surface area contributed by atoms with Gasteiger partial charge in [-0.2, -0.15) is 0 Å². The predicted octanol–water partition coefficient (Wildman–Crippen LogP) is 3.30. The van der Waals surface area contributed by atoms with Crippen LogP contribution in [0.15, 0.2) is 29.2 Å². The molecule has 1 rings (SSSR count). The summed E-state index contributed by atoms with van der Waals surface area (Å²) in [5.74, 6) is 0.560. The van der Waals surface area contributed by atoms with E-state index in [1.807, 2.05) is 20.8 Å². The molecule has 2 heteroatoms. The van der Waals surface area contributed by atoms with Gasteiger partial charge in [0.1, 0.15) is 0 Å². The molecule has 82 valence electrons. The van der Waals surface area contributed by atoms with Crippen molar-refractivity contribution < 1.29 is 4.21 Å². The topological polar surface area (TPSA) is 17.1 Å². The molecule has 0 radical (unpaired) electrons. The van der Waals surface area contributed by atoms with E-state index >= 15 is 0 Å². The van der Waals surface area contributed by atoms with Crippen LogP contribution in [0.1, 0.15) is 23.6 Å². The van der Waals surface area contributed by atoms with Crippen LogP contribution in [0.5, 0.6) is 0 Å². The molecule has 0 fully saturated rings. The van der Waals surface area contributed by atoms with Crippen LogP contribution in [0, 0.1) is 20.8 Å². The van der Waals surface area contributed by atoms with Crippen molar-refractivity contribution in [1.82, 2.24) is 0 Å². The standard InChI is InChI=1S/C13H18OS/c1-9(2)8-15(14)13-11(4)6-10(3)7-12(13)5/h6-7H,1,8H2,2-5H3. The molecule has 1 atom stereocenters. The second-order valence-corrected chi connectivity index (χ2v) is 5.56. The van der Waals surface area contributed by atoms with E-state index in [4.69, 9.17) is 0 Å². The Balaban J connectivity index is 3.14. The van der Waals surface area contributed by atoms with Gasteiger partial charge in [-0.3, -0.25) is 4.21 Å². The molecule has 1 nitrogen and oxygen atoms in total. The van der Waals surface area contributed by atoms with Gasteiger partial charge in [0.2, 0.25) is 0 Å². The smallest absolute Gasteiger partial charge is 0.0575 e. The first-order valence-corrected chi connectivity index (χ1v) is 6.34. The number of hydrogen-bond donors (Lipinski definition) is 0. The zero-order valence-electron chi connectivity index (χ0n) is 9.89. The van der Waals surface area contributed by atoms with E-state index < -0.39 is 10.8 Å². The predicted molar refractivity (Wildman–Crippen MR) is 66.7 cm³/mol. The maximum atomic E-state index is 12.1. The lowest BCUT2D eigenvalue weighted by molar-refractivity contribution is 0.683. The summed E-state index contributed by atoms with van der Waals surface area (Å²) in [4.78, 5) is 0.976. The highest BCUT2D eigenvalue weighted by molar-refractivity contribution is 7.85. The van der Waals surface area contributed by atoms with Crippen LogP contribution >= 0.6 is 0 Å². The second kappa shape index (κ2) is 4.75. The Labute approximate surface area is 94.7 Å². The molecule has 0 aliphatic rings. The summed E-state index contributed by atoms with van der Waals surface area (Å²) in [6.07, 6.45) is 0. The average Bonchev–Trinajstić information content (AvgIpc) is 1.99. The summed E-state index contributed by atoms with van der Waals surface area (Å²) in [7, 11) is -0.944. The van der Waals surface area contributed by atoms with Crippen molar-refractivity contribution in [3.8, 4) is 0 Å². The van der Waals surface area contributed by atoms with Crippen LogP contribution in [0.3, 0.4) is 0 Å². The van der Waals surface area contributed by atoms with Crippen LogP contribution in [-0.2, 0) is 10.8 Å². The van der Waals surface area contributed by atoms with Crippen molar-refractivity contribution in [3.63, 3.8) is 0 Å². The van der Waals surface area contributed by atoms with Gasteiger partial charge < -0.3 is 0 Å². The van der Waals surface area contributed by atoms with Crippen LogP contribution in [0.25, 0.3) is 0 Å². The van der Waals surface area contributed by atoms with Gasteiger partial charge in [0.05, 0.1) is 10.8 Å². The number of aryl methyl sites for hydroxylation is 3. The SMILES string of the molecule is C=C(C)CS(=O)c1c(C)cc(C)cc1C. The molecular weight excluding hydrogens is 204 g/mol. The Morgan fingerprint density at radius 1 is 1.27 bits per heavy atom. The fraction of sp³-hybridized carbons (Fsp3) is 0.385. The van der Waals surface area contributed by atoms with Crippen molar-refractivity contribution in [2.24, 2.45) is 0 Å². The molecule has 0 N–H and O–H groups in total. The summed E-state index contributed by atoms with van der Waals surface area (Å²) in [5, 5.41) is 0. The molecule has 0 spiro atoms. The minimum atomic E-state index is -0.944. The Kier molecular flexibility index (Phi) is 3.86. The van der Waals surface area contributed by atoms with Gasteiger partial charge in [-0.25, -0.2) is 0 Å². The van der Waals surface area contributed by atoms with Gasteiger partial charge in [-0.1, -0.05) is 29.8 Å². The molecule has 0 saturated carbocycles. The van der Waals surface area contributed by atoms with E-state index in [9.17, 15) is 4.21 Å². The van der Waals surface area contributed by atoms with Crippen LogP contribution in [0.4, 0.5) is 0 Å². The lowest BCUT2D eigenvalue weighted by Gasteiger charge is -2.10. The van der Waals surface area contributed by atoms with Crippen molar-refractivity contribution in [2.45, 2.75) is 32.6 Å². The third-order valence-corrected chi connectivity index (χ3v) is 4.06. The van der Waals surface area contributed by atoms with Crippen molar-refractivity contribution in [1.29, 1.82) is 0 Å². The van der Waals surface area contributed by atoms with E-state index in [-0.39, 0.29) is 0 Å². The van der Waals surface area contributed by atoms with E-state index in [1.165, 1.54) is 5.56 Å². The third kappa shape index (κ3) is 3.03. The van der Waals surface area contributed by atoms with E-state index in [1.54, 1.807) is 0 Å². The Bertz CT molecular complexity index is 396. The first-order chi connectivity index (χ1) is 6.91. The third-order valence-electron chi connectivity index (χ3n) is 2.21. The Morgan fingerprint density at radius 2 is 1.73 bits per heavy atom. The highest BCUT2D eigenvalue weighted by Gasteiger charge is 2.10. The van der Waals surface area contributed by atoms with Crippen LogP contribution in [0.2, 0.25) is 0 Å². The van der Waals surface area contributed by atoms with Gasteiger partial charge in [-0.05, 0) is 38.8 Å². The minimum absolute atomic E-state index is 0.560. The number of rotatable bonds is 3. The van der Waals surface area contributed by atoms with Gasteiger partial charge in [-0.15, -0.1) is 0 Å². The monoisotopic (exact) mass is 222 g/mol. The summed E-state index contributed by atoms with van der Waals surface area (Å²) >= 11 is 0. The molecule has 0 saturated heterocycles. The quantitative estimate of drug-likeness (QED) is 0.717. The first-order valence-electron chi connectivity index (χ1n) is 5.02. The summed E-state index contributed by atoms with van der Waals surface area (Å²) in [5.41, 5.74) is 4.42. The van der Waals surface area contributed by atoms with Crippen LogP contribution < -0.4 is 0 Å². The molecule has 1 aromatic rings. The molecule has 15 heavy (non-hydrogen) atoms. The van der Waals surface area contributed by atoms with E-state index in [2.05, 4.69) is 25.6 Å². The summed E-state index contributed by atoms with van der Waals surface area (Å²) in [6.45, 7) is 11.8. The summed E-state index contributed by atoms with van der Waals surface area (Å²) < 4.78 is 12.1. The van der Waals surface area contributed by atoms with Gasteiger partial charge in [0.25, 0.3) is 0 Å². The molecule has 0 heterocycles. The van der Waals surface area contributed by atoms with Gasteiger partial charge >= 0.3 is 0 Å². The lowest BCUT2D eigenvalue weighted by atomic mass is 10.1. The van der Waals surface area contributed by atoms with Crippen LogP contribution in [-0.4, -0.2) is 9.96 Å². The Hall–Kier alpha value is -0.890. The molecule has 1 unspecified atom stereocenters. The van der Waals surface area contributed by atoms with Gasteiger partial charge in [0, 0.05) is 10.6 Å².